The van der Waals surface area contributed by atoms with E-state index in [2.05, 4.69) is 10.6 Å². The molecule has 3 unspecified atom stereocenters. The van der Waals surface area contributed by atoms with Gasteiger partial charge in [0.2, 0.25) is 0 Å². The fourth-order valence-electron chi connectivity index (χ4n) is 3.39. The lowest BCUT2D eigenvalue weighted by atomic mass is 9.82. The molecule has 0 heterocycles. The van der Waals surface area contributed by atoms with Gasteiger partial charge in [-0.25, -0.2) is 4.79 Å². The van der Waals surface area contributed by atoms with Crippen LogP contribution in [0.3, 0.4) is 0 Å². The van der Waals surface area contributed by atoms with Crippen molar-refractivity contribution in [2.75, 3.05) is 13.2 Å². The molecule has 0 aromatic carbocycles. The predicted molar refractivity (Wildman–Crippen MR) is 86.9 cm³/mol. The van der Waals surface area contributed by atoms with E-state index < -0.39 is 5.60 Å². The lowest BCUT2D eigenvalue weighted by Crippen LogP contribution is -2.66. The van der Waals surface area contributed by atoms with Crippen molar-refractivity contribution in [1.82, 2.24) is 10.6 Å². The molecule has 22 heavy (non-hydrogen) atoms. The maximum Gasteiger partial charge on any atom is 0.407 e. The molecule has 1 amide bonds. The number of nitrogens with one attached hydrogen (secondary N) is 2. The van der Waals surface area contributed by atoms with Gasteiger partial charge in [-0.3, -0.25) is 0 Å². The molecule has 2 rings (SSSR count). The van der Waals surface area contributed by atoms with Gasteiger partial charge < -0.3 is 20.1 Å². The van der Waals surface area contributed by atoms with Gasteiger partial charge in [-0.15, -0.1) is 0 Å². The lowest BCUT2D eigenvalue weighted by molar-refractivity contribution is -0.0441. The zero-order valence-corrected chi connectivity index (χ0v) is 14.5. The van der Waals surface area contributed by atoms with Gasteiger partial charge in [0, 0.05) is 6.61 Å². The Balaban J connectivity index is 1.80. The summed E-state index contributed by atoms with van der Waals surface area (Å²) < 4.78 is 11.1. The van der Waals surface area contributed by atoms with E-state index >= 15 is 0 Å². The van der Waals surface area contributed by atoms with Gasteiger partial charge in [0.05, 0.1) is 18.2 Å². The Labute approximate surface area is 134 Å². The first-order chi connectivity index (χ1) is 10.4. The van der Waals surface area contributed by atoms with Crippen LogP contribution in [0.5, 0.6) is 0 Å². The van der Waals surface area contributed by atoms with Crippen LogP contribution in [0.25, 0.3) is 0 Å². The van der Waals surface area contributed by atoms with Crippen LogP contribution >= 0.6 is 0 Å². The van der Waals surface area contributed by atoms with Crippen LogP contribution < -0.4 is 10.6 Å². The highest BCUT2D eigenvalue weighted by atomic mass is 16.6. The Hall–Kier alpha value is -0.810. The third kappa shape index (κ3) is 5.13. The first-order valence-corrected chi connectivity index (χ1v) is 8.73. The topological polar surface area (TPSA) is 59.6 Å². The van der Waals surface area contributed by atoms with Gasteiger partial charge in [0.25, 0.3) is 0 Å². The fraction of sp³-hybridized carbons (Fsp3) is 0.941. The number of carbonyl (C=O) groups excluding carboxylic acids is 1. The first kappa shape index (κ1) is 17.5. The molecule has 0 spiro atoms. The van der Waals surface area contributed by atoms with E-state index in [1.807, 2.05) is 27.7 Å². The summed E-state index contributed by atoms with van der Waals surface area (Å²) in [5.74, 6) is 0.782. The van der Waals surface area contributed by atoms with Crippen molar-refractivity contribution < 1.29 is 14.3 Å². The Morgan fingerprint density at radius 2 is 1.91 bits per heavy atom. The maximum absolute atomic E-state index is 11.9. The van der Waals surface area contributed by atoms with E-state index in [0.717, 1.165) is 18.9 Å². The van der Waals surface area contributed by atoms with Crippen LogP contribution in [0.1, 0.15) is 59.8 Å². The van der Waals surface area contributed by atoms with E-state index in [1.165, 1.54) is 25.7 Å². The van der Waals surface area contributed by atoms with Crippen LogP contribution in [0.15, 0.2) is 0 Å². The number of rotatable bonds is 6. The van der Waals surface area contributed by atoms with Crippen LogP contribution in [-0.4, -0.2) is 43.0 Å². The molecule has 5 heteroatoms. The van der Waals surface area contributed by atoms with E-state index in [1.54, 1.807) is 0 Å². The summed E-state index contributed by atoms with van der Waals surface area (Å²) in [6.45, 7) is 9.40. The molecule has 0 aromatic heterocycles. The van der Waals surface area contributed by atoms with E-state index in [9.17, 15) is 4.79 Å². The molecule has 0 radical (unpaired) electrons. The number of hydrogen-bond donors (Lipinski definition) is 2. The van der Waals surface area contributed by atoms with E-state index in [-0.39, 0.29) is 24.3 Å². The highest BCUT2D eigenvalue weighted by Gasteiger charge is 2.43. The molecule has 2 fully saturated rings. The Bertz CT molecular complexity index is 361. The van der Waals surface area contributed by atoms with E-state index in [4.69, 9.17) is 9.47 Å². The van der Waals surface area contributed by atoms with Crippen molar-refractivity contribution in [2.24, 2.45) is 5.92 Å². The van der Waals surface area contributed by atoms with Crippen LogP contribution in [0.4, 0.5) is 4.79 Å². The highest BCUT2D eigenvalue weighted by molar-refractivity contribution is 5.68. The minimum Gasteiger partial charge on any atom is -0.444 e. The standard InChI is InChI=1S/C17H32N2O3/c1-5-21-14-10-13(19-16(20)22-17(2,3)4)15(14)18-11-12-8-6-7-9-12/h12-15,18H,5-11H2,1-4H3,(H,19,20). The van der Waals surface area contributed by atoms with Gasteiger partial charge in [-0.1, -0.05) is 12.8 Å². The molecule has 3 atom stereocenters. The molecule has 5 nitrogen and oxygen atoms in total. The van der Waals surface area contributed by atoms with Crippen molar-refractivity contribution in [2.45, 2.75) is 83.6 Å². The van der Waals surface area contributed by atoms with Crippen LogP contribution in [0, 0.1) is 5.92 Å². The van der Waals surface area contributed by atoms with Gasteiger partial charge in [-0.2, -0.15) is 0 Å². The van der Waals surface area contributed by atoms with Crippen LogP contribution in [-0.2, 0) is 9.47 Å². The summed E-state index contributed by atoms with van der Waals surface area (Å²) in [6, 6.07) is 0.306. The third-order valence-electron chi connectivity index (χ3n) is 4.52. The zero-order valence-electron chi connectivity index (χ0n) is 14.5. The average molecular weight is 312 g/mol. The fourth-order valence-corrected chi connectivity index (χ4v) is 3.39. The Morgan fingerprint density at radius 1 is 1.23 bits per heavy atom. The smallest absolute Gasteiger partial charge is 0.407 e. The molecule has 2 aliphatic rings. The van der Waals surface area contributed by atoms with Crippen LogP contribution in [0.2, 0.25) is 0 Å². The molecule has 0 saturated heterocycles. The van der Waals surface area contributed by atoms with Gasteiger partial charge in [-0.05, 0) is 59.4 Å². The second-order valence-corrected chi connectivity index (χ2v) is 7.57. The lowest BCUT2D eigenvalue weighted by Gasteiger charge is -2.45. The van der Waals surface area contributed by atoms with Crippen molar-refractivity contribution in [3.8, 4) is 0 Å². The van der Waals surface area contributed by atoms with Gasteiger partial charge >= 0.3 is 6.09 Å². The summed E-state index contributed by atoms with van der Waals surface area (Å²) >= 11 is 0. The Kier molecular flexibility index (Phi) is 6.09. The maximum atomic E-state index is 11.9. The summed E-state index contributed by atoms with van der Waals surface area (Å²) in [5.41, 5.74) is -0.458. The number of hydrogen-bond acceptors (Lipinski definition) is 4. The molecular formula is C17H32N2O3. The number of alkyl carbamates (subject to hydrolysis) is 1. The second-order valence-electron chi connectivity index (χ2n) is 7.57. The van der Waals surface area contributed by atoms with Crippen molar-refractivity contribution in [1.29, 1.82) is 0 Å². The highest BCUT2D eigenvalue weighted by Crippen LogP contribution is 2.28. The molecule has 0 aromatic rings. The first-order valence-electron chi connectivity index (χ1n) is 8.73. The third-order valence-corrected chi connectivity index (χ3v) is 4.52. The summed E-state index contributed by atoms with van der Waals surface area (Å²) in [5, 5.41) is 6.60. The summed E-state index contributed by atoms with van der Waals surface area (Å²) in [4.78, 5) is 11.9. The van der Waals surface area contributed by atoms with E-state index in [0.29, 0.717) is 6.61 Å². The SMILES string of the molecule is CCOC1CC(NC(=O)OC(C)(C)C)C1NCC1CCCC1. The predicted octanol–water partition coefficient (Wildman–Crippen LogP) is 2.84. The molecule has 2 aliphatic carbocycles. The molecule has 128 valence electrons. The largest absolute Gasteiger partial charge is 0.444 e. The monoisotopic (exact) mass is 312 g/mol. The zero-order chi connectivity index (χ0) is 16.2. The number of ether oxygens (including phenoxy) is 2. The van der Waals surface area contributed by atoms with Gasteiger partial charge in [0.15, 0.2) is 0 Å². The van der Waals surface area contributed by atoms with Crippen molar-refractivity contribution in [3.05, 3.63) is 0 Å². The average Bonchev–Trinajstić information content (AvgIpc) is 2.88. The summed E-state index contributed by atoms with van der Waals surface area (Å²) in [6.07, 6.45) is 6.07. The number of carbonyl (C=O) groups is 1. The molecule has 0 aliphatic heterocycles. The number of amides is 1. The minimum atomic E-state index is -0.458. The van der Waals surface area contributed by atoms with Gasteiger partial charge in [0.1, 0.15) is 5.60 Å². The molecular weight excluding hydrogens is 280 g/mol. The Morgan fingerprint density at radius 3 is 2.50 bits per heavy atom. The molecule has 2 N–H and O–H groups in total. The summed E-state index contributed by atoms with van der Waals surface area (Å²) in [7, 11) is 0. The van der Waals surface area contributed by atoms with Crippen molar-refractivity contribution >= 4 is 6.09 Å². The molecule has 2 saturated carbocycles. The molecule has 0 bridgehead atoms. The minimum absolute atomic E-state index is 0.104. The quantitative estimate of drug-likeness (QED) is 0.792. The normalized spacial score (nSPS) is 29.2. The second kappa shape index (κ2) is 7.64. The van der Waals surface area contributed by atoms with Crippen molar-refractivity contribution in [3.63, 3.8) is 0 Å².